The second-order valence-corrected chi connectivity index (χ2v) is 7.56. The largest absolute Gasteiger partial charge is 0.496 e. The lowest BCUT2D eigenvalue weighted by molar-refractivity contribution is -0.123. The molecule has 0 bridgehead atoms. The van der Waals surface area contributed by atoms with Crippen LogP contribution in [0, 0.1) is 0 Å². The van der Waals surface area contributed by atoms with Crippen molar-refractivity contribution in [3.63, 3.8) is 0 Å². The van der Waals surface area contributed by atoms with Crippen molar-refractivity contribution < 1.29 is 22.7 Å². The van der Waals surface area contributed by atoms with Gasteiger partial charge in [-0.15, -0.1) is 12.4 Å². The molecule has 3 amide bonds. The van der Waals surface area contributed by atoms with E-state index in [2.05, 4.69) is 15.4 Å². The summed E-state index contributed by atoms with van der Waals surface area (Å²) in [7, 11) is -2.37. The fraction of sp³-hybridized carbons (Fsp3) is 0.467. The Morgan fingerprint density at radius 2 is 1.96 bits per heavy atom. The Morgan fingerprint density at radius 1 is 1.27 bits per heavy atom. The highest BCUT2D eigenvalue weighted by Gasteiger charge is 2.45. The number of hydrogen-bond donors (Lipinski definition) is 4. The molecule has 0 aliphatic carbocycles. The third kappa shape index (κ3) is 4.44. The maximum Gasteiger partial charge on any atom is 0.322 e. The van der Waals surface area contributed by atoms with Gasteiger partial charge in [0.05, 0.1) is 12.0 Å². The fourth-order valence-corrected chi connectivity index (χ4v) is 3.64. The Labute approximate surface area is 158 Å². The number of urea groups is 1. The van der Waals surface area contributed by atoms with Crippen LogP contribution in [0.2, 0.25) is 0 Å². The average Bonchev–Trinajstić information content (AvgIpc) is 2.84. The molecule has 1 aliphatic rings. The van der Waals surface area contributed by atoms with Gasteiger partial charge >= 0.3 is 6.03 Å². The highest BCUT2D eigenvalue weighted by atomic mass is 35.5. The van der Waals surface area contributed by atoms with Gasteiger partial charge in [-0.1, -0.05) is 0 Å². The lowest BCUT2D eigenvalue weighted by Crippen LogP contribution is -2.41. The van der Waals surface area contributed by atoms with Crippen LogP contribution in [0.4, 0.5) is 4.79 Å². The van der Waals surface area contributed by atoms with Crippen molar-refractivity contribution >= 4 is 34.4 Å². The van der Waals surface area contributed by atoms with Crippen LogP contribution in [0.25, 0.3) is 0 Å². The highest BCUT2D eigenvalue weighted by molar-refractivity contribution is 7.89. The van der Waals surface area contributed by atoms with Crippen molar-refractivity contribution in [2.24, 2.45) is 5.73 Å². The zero-order valence-electron chi connectivity index (χ0n) is 14.5. The number of methoxy groups -OCH3 is 1. The number of carbonyl (C=O) groups excluding carboxylic acids is 2. The van der Waals surface area contributed by atoms with Crippen LogP contribution in [0.15, 0.2) is 23.1 Å². The third-order valence-electron chi connectivity index (χ3n) is 3.99. The van der Waals surface area contributed by atoms with E-state index in [9.17, 15) is 18.0 Å². The number of amides is 3. The van der Waals surface area contributed by atoms with Gasteiger partial charge in [-0.3, -0.25) is 10.1 Å². The van der Waals surface area contributed by atoms with E-state index >= 15 is 0 Å². The smallest absolute Gasteiger partial charge is 0.322 e. The lowest BCUT2D eigenvalue weighted by Gasteiger charge is -2.24. The summed E-state index contributed by atoms with van der Waals surface area (Å²) in [5, 5.41) is 4.64. The molecule has 0 spiro atoms. The molecule has 1 aliphatic heterocycles. The first-order chi connectivity index (χ1) is 11.7. The molecule has 1 fully saturated rings. The Kier molecular flexibility index (Phi) is 7.39. The number of unbranched alkanes of at least 4 members (excludes halogenated alkanes) is 1. The second-order valence-electron chi connectivity index (χ2n) is 5.79. The summed E-state index contributed by atoms with van der Waals surface area (Å²) in [5.41, 5.74) is 4.22. The maximum absolute atomic E-state index is 12.4. The van der Waals surface area contributed by atoms with Crippen LogP contribution in [-0.2, 0) is 20.4 Å². The molecule has 26 heavy (non-hydrogen) atoms. The summed E-state index contributed by atoms with van der Waals surface area (Å²) in [5.74, 6) is -0.289. The normalized spacial score (nSPS) is 19.5. The van der Waals surface area contributed by atoms with Gasteiger partial charge in [0.1, 0.15) is 11.3 Å². The fourth-order valence-electron chi connectivity index (χ4n) is 2.54. The third-order valence-corrected chi connectivity index (χ3v) is 5.45. The summed E-state index contributed by atoms with van der Waals surface area (Å²) in [6.07, 6.45) is 1.33. The van der Waals surface area contributed by atoms with E-state index in [1.54, 1.807) is 0 Å². The van der Waals surface area contributed by atoms with Crippen molar-refractivity contribution in [1.29, 1.82) is 0 Å². The van der Waals surface area contributed by atoms with Crippen molar-refractivity contribution in [1.82, 2.24) is 15.4 Å². The molecule has 1 unspecified atom stereocenters. The first kappa shape index (κ1) is 22.2. The van der Waals surface area contributed by atoms with E-state index in [1.165, 1.54) is 32.2 Å². The Balaban J connectivity index is 0.00000338. The first-order valence-corrected chi connectivity index (χ1v) is 9.25. The number of halogens is 1. The van der Waals surface area contributed by atoms with Gasteiger partial charge in [0.25, 0.3) is 5.91 Å². The van der Waals surface area contributed by atoms with Crippen molar-refractivity contribution in [2.75, 3.05) is 20.2 Å². The molecule has 146 valence electrons. The Hall–Kier alpha value is -1.88. The van der Waals surface area contributed by atoms with Gasteiger partial charge in [-0.25, -0.2) is 17.9 Å². The molecule has 0 radical (unpaired) electrons. The molecule has 1 aromatic rings. The predicted molar refractivity (Wildman–Crippen MR) is 97.7 cm³/mol. The van der Waals surface area contributed by atoms with Crippen LogP contribution in [0.3, 0.4) is 0 Å². The summed E-state index contributed by atoms with van der Waals surface area (Å²) >= 11 is 0. The Morgan fingerprint density at radius 3 is 2.50 bits per heavy atom. The second kappa shape index (κ2) is 8.67. The molecule has 9 nitrogen and oxygen atoms in total. The Bertz CT molecular complexity index is 786. The number of carbonyl (C=O) groups is 2. The number of sulfonamides is 1. The van der Waals surface area contributed by atoms with E-state index < -0.39 is 27.5 Å². The number of nitrogens with two attached hydrogens (primary N) is 1. The summed E-state index contributed by atoms with van der Waals surface area (Å²) in [4.78, 5) is 23.6. The van der Waals surface area contributed by atoms with Gasteiger partial charge in [-0.2, -0.15) is 0 Å². The molecule has 11 heteroatoms. The van der Waals surface area contributed by atoms with Gasteiger partial charge < -0.3 is 15.8 Å². The molecule has 5 N–H and O–H groups in total. The summed E-state index contributed by atoms with van der Waals surface area (Å²) in [6.45, 7) is 2.23. The molecule has 1 heterocycles. The van der Waals surface area contributed by atoms with E-state index in [-0.39, 0.29) is 29.4 Å². The molecule has 0 aromatic heterocycles. The molecule has 2 rings (SSSR count). The van der Waals surface area contributed by atoms with Crippen molar-refractivity contribution in [3.8, 4) is 5.75 Å². The number of benzene rings is 1. The summed E-state index contributed by atoms with van der Waals surface area (Å²) < 4.78 is 32.6. The van der Waals surface area contributed by atoms with E-state index in [1.807, 2.05) is 0 Å². The highest BCUT2D eigenvalue weighted by Crippen LogP contribution is 2.34. The van der Waals surface area contributed by atoms with Crippen LogP contribution in [0.5, 0.6) is 5.75 Å². The molecule has 1 saturated heterocycles. The minimum atomic E-state index is -3.77. The minimum Gasteiger partial charge on any atom is -0.496 e. The van der Waals surface area contributed by atoms with Crippen LogP contribution >= 0.6 is 12.4 Å². The van der Waals surface area contributed by atoms with Crippen molar-refractivity contribution in [2.45, 2.75) is 30.2 Å². The molecule has 0 saturated carbocycles. The van der Waals surface area contributed by atoms with Gasteiger partial charge in [0, 0.05) is 12.1 Å². The van der Waals surface area contributed by atoms with E-state index in [4.69, 9.17) is 10.5 Å². The molecular weight excluding hydrogens is 384 g/mol. The van der Waals surface area contributed by atoms with E-state index in [0.29, 0.717) is 25.1 Å². The topological polar surface area (TPSA) is 140 Å². The van der Waals surface area contributed by atoms with Gasteiger partial charge in [0.15, 0.2) is 0 Å². The van der Waals surface area contributed by atoms with Crippen LogP contribution < -0.4 is 25.8 Å². The number of nitrogens with one attached hydrogen (secondary N) is 3. The number of imide groups is 1. The van der Waals surface area contributed by atoms with Gasteiger partial charge in [-0.05, 0) is 44.5 Å². The molecular formula is C15H23ClN4O5S. The average molecular weight is 407 g/mol. The van der Waals surface area contributed by atoms with E-state index in [0.717, 1.165) is 0 Å². The maximum atomic E-state index is 12.4. The minimum absolute atomic E-state index is 0. The van der Waals surface area contributed by atoms with Crippen molar-refractivity contribution in [3.05, 3.63) is 23.8 Å². The number of hydrogen-bond acceptors (Lipinski definition) is 6. The summed E-state index contributed by atoms with van der Waals surface area (Å²) in [6, 6.07) is 3.51. The van der Waals surface area contributed by atoms with Gasteiger partial charge in [0.2, 0.25) is 10.0 Å². The lowest BCUT2D eigenvalue weighted by atomic mass is 9.91. The number of ether oxygens (including phenoxy) is 1. The molecule has 1 atom stereocenters. The monoisotopic (exact) mass is 406 g/mol. The SMILES string of the molecule is COc1ccc(S(=O)(=O)NCCCCN)cc1C1(C)NC(=O)NC1=O.Cl. The number of rotatable bonds is 8. The first-order valence-electron chi connectivity index (χ1n) is 7.76. The van der Waals surface area contributed by atoms with Crippen LogP contribution in [0.1, 0.15) is 25.3 Å². The zero-order valence-corrected chi connectivity index (χ0v) is 16.1. The predicted octanol–water partition coefficient (Wildman–Crippen LogP) is 0.189. The standard InChI is InChI=1S/C15H22N4O5S.ClH/c1-15(13(20)18-14(21)19-15)11-9-10(5-6-12(11)24-2)25(22,23)17-8-4-3-7-16;/h5-6,9,17H,3-4,7-8,16H2,1-2H3,(H2,18,19,20,21);1H. The zero-order chi connectivity index (χ0) is 18.7. The molecule has 1 aromatic carbocycles. The van der Waals surface area contributed by atoms with Crippen LogP contribution in [-0.4, -0.2) is 40.6 Å². The quantitative estimate of drug-likeness (QED) is 0.359.